The molecule has 24 heteroatoms. The third-order valence-electron chi connectivity index (χ3n) is 11.6. The number of aliphatic hydroxyl groups excluding tert-OH is 1. The van der Waals surface area contributed by atoms with Crippen LogP contribution in [0, 0.1) is 41.4 Å². The monoisotopic (exact) mass is 1050 g/mol. The maximum absolute atomic E-state index is 10.3. The molecule has 0 aromatic heterocycles. The molecule has 0 aromatic rings. The molecule has 0 radical (unpaired) electrons. The predicted molar refractivity (Wildman–Crippen MR) is 261 cm³/mol. The van der Waals surface area contributed by atoms with E-state index in [1.165, 1.54) is 0 Å². The molecule has 0 amide bonds. The van der Waals surface area contributed by atoms with Gasteiger partial charge in [-0.3, -0.25) is 0 Å². The first-order chi connectivity index (χ1) is 29.0. The first-order valence-corrected chi connectivity index (χ1v) is 42.6. The van der Waals surface area contributed by atoms with E-state index in [9.17, 15) is 5.11 Å². The first kappa shape index (κ1) is 55.3. The molecule has 370 valence electrons. The highest BCUT2D eigenvalue weighted by Crippen LogP contribution is 2.56. The summed E-state index contributed by atoms with van der Waals surface area (Å²) in [6.07, 6.45) is 2.15. The smallest absolute Gasteiger partial charge is 0.395 e. The third-order valence-corrected chi connectivity index (χ3v) is 54.7. The van der Waals surface area contributed by atoms with E-state index in [1.807, 2.05) is 0 Å². The van der Waals surface area contributed by atoms with Crippen LogP contribution in [-0.2, 0) is 58.2 Å². The van der Waals surface area contributed by atoms with E-state index in [-0.39, 0.29) is 48.0 Å². The van der Waals surface area contributed by atoms with Gasteiger partial charge in [0, 0.05) is 48.9 Å². The molecule has 63 heavy (non-hydrogen) atoms. The van der Waals surface area contributed by atoms with E-state index in [4.69, 9.17) is 58.2 Å². The largest absolute Gasteiger partial charge is 0.646 e. The second kappa shape index (κ2) is 20.6. The number of hydrogen-bond donors (Lipinski definition) is 1. The van der Waals surface area contributed by atoms with Crippen LogP contribution in [0.4, 0.5) is 0 Å². The minimum absolute atomic E-state index is 0.0282. The number of ether oxygens (including phenoxy) is 1. The summed E-state index contributed by atoms with van der Waals surface area (Å²) in [4.78, 5) is 0. The Bertz CT molecular complexity index is 1350. The number of hydrogen-bond acceptors (Lipinski definition) is 15. The predicted octanol–water partition coefficient (Wildman–Crippen LogP) is 10.0. The van der Waals surface area contributed by atoms with Crippen molar-refractivity contribution in [1.82, 2.24) is 0 Å². The van der Waals surface area contributed by atoms with Gasteiger partial charge in [0.05, 0.1) is 12.2 Å². The average molecular weight is 1050 g/mol. The van der Waals surface area contributed by atoms with Crippen molar-refractivity contribution in [2.75, 3.05) is 13.2 Å². The zero-order valence-corrected chi connectivity index (χ0v) is 51.4. The zero-order valence-electron chi connectivity index (χ0n) is 42.4. The maximum Gasteiger partial charge on any atom is 0.646 e. The molecule has 1 N–H and O–H groups in total. The Balaban J connectivity index is 1.86. The Morgan fingerprint density at radius 1 is 0.429 bits per heavy atom. The Morgan fingerprint density at radius 2 is 0.667 bits per heavy atom. The van der Waals surface area contributed by atoms with Gasteiger partial charge in [-0.05, 0) is 79.8 Å². The second-order valence-electron chi connectivity index (χ2n) is 22.6. The third kappa shape index (κ3) is 13.6. The van der Waals surface area contributed by atoms with Crippen molar-refractivity contribution < 1.29 is 63.3 Å². The van der Waals surface area contributed by atoms with Gasteiger partial charge in [-0.15, -0.1) is 0 Å². The van der Waals surface area contributed by atoms with Gasteiger partial charge in [0.15, 0.2) is 8.32 Å². The zero-order chi connectivity index (χ0) is 47.1. The van der Waals surface area contributed by atoms with Gasteiger partial charge in [0.25, 0.3) is 0 Å². The molecule has 0 atom stereocenters. The van der Waals surface area contributed by atoms with E-state index < -0.39 is 84.6 Å². The fraction of sp³-hybridized carbons (Fsp3) is 1.00. The van der Waals surface area contributed by atoms with Crippen LogP contribution in [-0.4, -0.2) is 103 Å². The lowest BCUT2D eigenvalue weighted by Gasteiger charge is -2.63. The van der Waals surface area contributed by atoms with Gasteiger partial charge >= 0.3 is 70.7 Å². The van der Waals surface area contributed by atoms with Crippen molar-refractivity contribution in [3.63, 3.8) is 0 Å². The van der Waals surface area contributed by atoms with Gasteiger partial charge in [0.2, 0.25) is 0 Å². The first-order valence-electron chi connectivity index (χ1n) is 24.4. The molecule has 6 saturated heterocycles. The number of rotatable bonds is 24. The van der Waals surface area contributed by atoms with Crippen molar-refractivity contribution in [3.05, 3.63) is 0 Å². The van der Waals surface area contributed by atoms with Crippen molar-refractivity contribution in [2.24, 2.45) is 41.4 Å². The molecule has 6 rings (SSSR count). The lowest BCUT2D eigenvalue weighted by molar-refractivity contribution is -0.0844. The van der Waals surface area contributed by atoms with Crippen molar-refractivity contribution in [2.45, 2.75) is 197 Å². The summed E-state index contributed by atoms with van der Waals surface area (Å²) >= 11 is 0. The van der Waals surface area contributed by atoms with Crippen LogP contribution in [0.5, 0.6) is 0 Å². The SMILES string of the molecule is CCC(CC)(CO)OCCC[Si](C)(C)O[Si]12O[Si]3(CC(C)C)O[Si]4(CC(C)C)O[Si]5(CC(C)C)O[Si](CC(C)C)(O3)O[Si](CC(C)C)(O[Si](CC(C)C)(O5)O[Si](CC(C)C)(O4)O1)O2. The Morgan fingerprint density at radius 3 is 0.873 bits per heavy atom. The molecule has 0 saturated carbocycles. The van der Waals surface area contributed by atoms with E-state index in [0.29, 0.717) is 61.4 Å². The highest BCUT2D eigenvalue weighted by atomic mass is 28.6. The molecule has 15 nitrogen and oxygen atoms in total. The van der Waals surface area contributed by atoms with Gasteiger partial charge in [-0.25, -0.2) is 0 Å². The van der Waals surface area contributed by atoms with Crippen LogP contribution >= 0.6 is 0 Å². The van der Waals surface area contributed by atoms with Crippen molar-refractivity contribution >= 4 is 79.0 Å². The molecule has 6 fully saturated rings. The van der Waals surface area contributed by atoms with E-state index >= 15 is 0 Å². The minimum atomic E-state index is -4.56. The molecular formula is C39H88O15Si9. The summed E-state index contributed by atoms with van der Waals surface area (Å²) < 4.78 is 108. The highest BCUT2D eigenvalue weighted by molar-refractivity contribution is 7.03. The molecule has 6 aliphatic heterocycles. The van der Waals surface area contributed by atoms with Gasteiger partial charge in [0.1, 0.15) is 0 Å². The van der Waals surface area contributed by atoms with Crippen LogP contribution in [0.1, 0.15) is 130 Å². The molecule has 8 bridgehead atoms. The Labute approximate surface area is 392 Å². The van der Waals surface area contributed by atoms with E-state index in [2.05, 4.69) is 124 Å². The summed E-state index contributed by atoms with van der Waals surface area (Å²) in [5, 5.41) is 10.3. The standard InChI is InChI=1S/C39H88O15Si9/c1-19-39(20-2,31-40)41-22-21-23-55(17,18)42-63-52-60(28-36(11)12)46-57(25-33(5)6)43-56(24-32(3)4)44-58(48-60,26-34(7)8)50-62(54-63,30-38(15)16)51-59(45-56,27-35(9)10)49-61(47-57,53-63)29-37(13)14/h32-38,40H,19-31H2,1-18H3. The molecule has 0 spiro atoms. The van der Waals surface area contributed by atoms with Gasteiger partial charge in [-0.2, -0.15) is 0 Å². The highest BCUT2D eigenvalue weighted by Gasteiger charge is 2.84. The molecule has 0 aromatic carbocycles. The van der Waals surface area contributed by atoms with Crippen LogP contribution in [0.15, 0.2) is 0 Å². The van der Waals surface area contributed by atoms with Gasteiger partial charge in [-0.1, -0.05) is 111 Å². The quantitative estimate of drug-likeness (QED) is 0.0721. The fourth-order valence-electron chi connectivity index (χ4n) is 9.54. The summed E-state index contributed by atoms with van der Waals surface area (Å²) in [5.41, 5.74) is -0.571. The van der Waals surface area contributed by atoms with Crippen molar-refractivity contribution in [3.8, 4) is 0 Å². The normalized spacial score (nSPS) is 37.2. The molecule has 0 aliphatic carbocycles. The summed E-state index contributed by atoms with van der Waals surface area (Å²) in [6.45, 7) is 39.0. The van der Waals surface area contributed by atoms with Crippen LogP contribution in [0.25, 0.3) is 0 Å². The Hall–Kier alpha value is 1.35. The van der Waals surface area contributed by atoms with Crippen LogP contribution in [0.2, 0.25) is 61.4 Å². The lowest BCUT2D eigenvalue weighted by Crippen LogP contribution is -2.89. The minimum Gasteiger partial charge on any atom is -0.395 e. The van der Waals surface area contributed by atoms with Gasteiger partial charge < -0.3 is 63.3 Å². The lowest BCUT2D eigenvalue weighted by atomic mass is 9.98. The summed E-state index contributed by atoms with van der Waals surface area (Å²) in [5.74, 6) is 0.499. The molecule has 0 unspecified atom stereocenters. The summed E-state index contributed by atoms with van der Waals surface area (Å²) in [6, 6.07) is 3.68. The maximum atomic E-state index is 10.3. The second-order valence-corrected chi connectivity index (χ2v) is 50.6. The van der Waals surface area contributed by atoms with Crippen molar-refractivity contribution in [1.29, 1.82) is 0 Å². The number of aliphatic hydroxyl groups is 1. The molecular weight excluding hydrogens is 961 g/mol. The average Bonchev–Trinajstić information content (AvgIpc) is 3.02. The summed E-state index contributed by atoms with van der Waals surface area (Å²) in [7, 11) is -35.7. The fourth-order valence-corrected chi connectivity index (χ4v) is 63.9. The Kier molecular flexibility index (Phi) is 18.1. The molecule has 6 aliphatic rings. The van der Waals surface area contributed by atoms with Crippen LogP contribution < -0.4 is 0 Å². The van der Waals surface area contributed by atoms with Crippen LogP contribution in [0.3, 0.4) is 0 Å². The van der Waals surface area contributed by atoms with E-state index in [1.54, 1.807) is 0 Å². The van der Waals surface area contributed by atoms with E-state index in [0.717, 1.165) is 12.8 Å². The molecule has 6 heterocycles. The topological polar surface area (TPSA) is 149 Å².